The van der Waals surface area contributed by atoms with Crippen LogP contribution in [0.2, 0.25) is 0 Å². The zero-order chi connectivity index (χ0) is 13.6. The van der Waals surface area contributed by atoms with E-state index in [1.54, 1.807) is 0 Å². The van der Waals surface area contributed by atoms with E-state index in [0.29, 0.717) is 5.82 Å². The molecule has 0 aliphatic rings. The van der Waals surface area contributed by atoms with E-state index >= 15 is 0 Å². The minimum Gasteiger partial charge on any atom is -0.308 e. The summed E-state index contributed by atoms with van der Waals surface area (Å²) in [7, 11) is -3.50. The second kappa shape index (κ2) is 6.67. The molecule has 102 valence electrons. The average Bonchev–Trinajstić information content (AvgIpc) is 2.38. The number of nitrogens with zero attached hydrogens (tertiary/aromatic N) is 1. The number of hydrogen-bond acceptors (Lipinski definition) is 5. The molecule has 0 bridgehead atoms. The summed E-state index contributed by atoms with van der Waals surface area (Å²) in [6.45, 7) is 3.99. The molecule has 0 fully saturated rings. The molecular weight excluding hydrogens is 252 g/mol. The van der Waals surface area contributed by atoms with Gasteiger partial charge in [0.15, 0.2) is 0 Å². The highest BCUT2D eigenvalue weighted by Crippen LogP contribution is 2.12. The number of nitrogen functional groups attached to an aromatic ring is 1. The van der Waals surface area contributed by atoms with Gasteiger partial charge in [-0.1, -0.05) is 20.3 Å². The van der Waals surface area contributed by atoms with Crippen molar-refractivity contribution < 1.29 is 8.42 Å². The Morgan fingerprint density at radius 3 is 2.56 bits per heavy atom. The molecule has 0 aromatic carbocycles. The molecular formula is C11H20N4O2S. The van der Waals surface area contributed by atoms with Crippen molar-refractivity contribution in [1.29, 1.82) is 0 Å². The van der Waals surface area contributed by atoms with Crippen molar-refractivity contribution in [2.45, 2.75) is 44.0 Å². The number of aromatic nitrogens is 1. The maximum atomic E-state index is 12.1. The molecule has 6 nitrogen and oxygen atoms in total. The number of nitrogens with one attached hydrogen (secondary N) is 2. The van der Waals surface area contributed by atoms with E-state index in [1.807, 2.05) is 13.8 Å². The summed E-state index contributed by atoms with van der Waals surface area (Å²) in [6.07, 6.45) is 3.82. The molecule has 1 unspecified atom stereocenters. The van der Waals surface area contributed by atoms with Crippen LogP contribution in [0, 0.1) is 0 Å². The van der Waals surface area contributed by atoms with E-state index in [9.17, 15) is 8.42 Å². The molecule has 1 heterocycles. The van der Waals surface area contributed by atoms with Gasteiger partial charge in [-0.2, -0.15) is 0 Å². The van der Waals surface area contributed by atoms with Crippen LogP contribution in [-0.4, -0.2) is 19.4 Å². The van der Waals surface area contributed by atoms with Gasteiger partial charge in [-0.3, -0.25) is 0 Å². The lowest BCUT2D eigenvalue weighted by atomic mass is 10.1. The van der Waals surface area contributed by atoms with Crippen LogP contribution < -0.4 is 16.0 Å². The fourth-order valence-electron chi connectivity index (χ4n) is 1.61. The average molecular weight is 272 g/mol. The molecule has 0 saturated heterocycles. The Hall–Kier alpha value is -1.18. The number of pyridine rings is 1. The molecule has 1 aromatic heterocycles. The summed E-state index contributed by atoms with van der Waals surface area (Å²) >= 11 is 0. The molecule has 0 spiro atoms. The van der Waals surface area contributed by atoms with Crippen LogP contribution in [-0.2, 0) is 10.0 Å². The summed E-state index contributed by atoms with van der Waals surface area (Å²) in [4.78, 5) is 4.04. The van der Waals surface area contributed by atoms with Gasteiger partial charge in [0.05, 0.1) is 0 Å². The fraction of sp³-hybridized carbons (Fsp3) is 0.545. The van der Waals surface area contributed by atoms with E-state index in [2.05, 4.69) is 15.1 Å². The summed E-state index contributed by atoms with van der Waals surface area (Å²) in [5.74, 6) is 5.60. The Morgan fingerprint density at radius 2 is 2.11 bits per heavy atom. The summed E-state index contributed by atoms with van der Waals surface area (Å²) in [5.41, 5.74) is 2.35. The Kier molecular flexibility index (Phi) is 5.52. The molecule has 0 radical (unpaired) electrons. The number of rotatable bonds is 7. The largest absolute Gasteiger partial charge is 0.308 e. The first-order chi connectivity index (χ1) is 8.53. The number of hydrogen-bond donors (Lipinski definition) is 3. The van der Waals surface area contributed by atoms with Gasteiger partial charge in [0.25, 0.3) is 0 Å². The molecule has 0 amide bonds. The highest BCUT2D eigenvalue weighted by Gasteiger charge is 2.18. The van der Waals surface area contributed by atoms with E-state index in [1.165, 1.54) is 18.3 Å². The highest BCUT2D eigenvalue weighted by atomic mass is 32.2. The predicted molar refractivity (Wildman–Crippen MR) is 71.4 cm³/mol. The lowest BCUT2D eigenvalue weighted by molar-refractivity contribution is 0.512. The SMILES string of the molecule is CCCC(CC)NS(=O)(=O)c1ccc(NN)nc1. The third-order valence-corrected chi connectivity index (χ3v) is 4.15. The summed E-state index contributed by atoms with van der Waals surface area (Å²) < 4.78 is 26.8. The van der Waals surface area contributed by atoms with Crippen LogP contribution in [0.4, 0.5) is 5.82 Å². The molecule has 0 aliphatic heterocycles. The van der Waals surface area contributed by atoms with Crippen LogP contribution >= 0.6 is 0 Å². The van der Waals surface area contributed by atoms with Crippen LogP contribution in [0.25, 0.3) is 0 Å². The summed E-state index contributed by atoms with van der Waals surface area (Å²) in [6, 6.07) is 2.96. The van der Waals surface area contributed by atoms with Gasteiger partial charge in [-0.05, 0) is 25.0 Å². The summed E-state index contributed by atoms with van der Waals surface area (Å²) in [5, 5.41) is 0. The van der Waals surface area contributed by atoms with Crippen molar-refractivity contribution in [3.05, 3.63) is 18.3 Å². The maximum Gasteiger partial charge on any atom is 0.242 e. The first-order valence-corrected chi connectivity index (χ1v) is 7.46. The first kappa shape index (κ1) is 14.9. The second-order valence-electron chi connectivity index (χ2n) is 4.04. The Morgan fingerprint density at radius 1 is 1.39 bits per heavy atom. The maximum absolute atomic E-state index is 12.1. The van der Waals surface area contributed by atoms with E-state index in [4.69, 9.17) is 5.84 Å². The normalized spacial score (nSPS) is 13.3. The van der Waals surface area contributed by atoms with Crippen molar-refractivity contribution in [2.24, 2.45) is 5.84 Å². The van der Waals surface area contributed by atoms with Gasteiger partial charge in [0.1, 0.15) is 10.7 Å². The third kappa shape index (κ3) is 3.94. The van der Waals surface area contributed by atoms with Crippen molar-refractivity contribution in [3.63, 3.8) is 0 Å². The molecule has 18 heavy (non-hydrogen) atoms. The topological polar surface area (TPSA) is 97.1 Å². The van der Waals surface area contributed by atoms with Gasteiger partial charge in [-0.25, -0.2) is 24.0 Å². The smallest absolute Gasteiger partial charge is 0.242 e. The van der Waals surface area contributed by atoms with Gasteiger partial charge >= 0.3 is 0 Å². The third-order valence-electron chi connectivity index (χ3n) is 2.65. The molecule has 7 heteroatoms. The lowest BCUT2D eigenvalue weighted by Crippen LogP contribution is -2.34. The molecule has 1 rings (SSSR count). The lowest BCUT2D eigenvalue weighted by Gasteiger charge is -2.16. The number of hydrazine groups is 1. The van der Waals surface area contributed by atoms with Crippen LogP contribution in [0.5, 0.6) is 0 Å². The fourth-order valence-corrected chi connectivity index (χ4v) is 2.91. The van der Waals surface area contributed by atoms with Crippen molar-refractivity contribution in [1.82, 2.24) is 9.71 Å². The van der Waals surface area contributed by atoms with Crippen LogP contribution in [0.15, 0.2) is 23.2 Å². The zero-order valence-electron chi connectivity index (χ0n) is 10.7. The predicted octanol–water partition coefficient (Wildman–Crippen LogP) is 1.22. The number of nitrogens with two attached hydrogens (primary N) is 1. The monoisotopic (exact) mass is 272 g/mol. The number of sulfonamides is 1. The van der Waals surface area contributed by atoms with E-state index in [0.717, 1.165) is 19.3 Å². The molecule has 1 aromatic rings. The highest BCUT2D eigenvalue weighted by molar-refractivity contribution is 7.89. The minimum absolute atomic E-state index is 0.0349. The zero-order valence-corrected chi connectivity index (χ0v) is 11.5. The first-order valence-electron chi connectivity index (χ1n) is 5.98. The van der Waals surface area contributed by atoms with Crippen molar-refractivity contribution >= 4 is 15.8 Å². The van der Waals surface area contributed by atoms with E-state index < -0.39 is 10.0 Å². The van der Waals surface area contributed by atoms with Gasteiger partial charge in [0, 0.05) is 12.2 Å². The Labute approximate surface area is 108 Å². The van der Waals surface area contributed by atoms with Crippen molar-refractivity contribution in [3.8, 4) is 0 Å². The number of anilines is 1. The van der Waals surface area contributed by atoms with Gasteiger partial charge in [0.2, 0.25) is 10.0 Å². The van der Waals surface area contributed by atoms with Gasteiger partial charge in [-0.15, -0.1) is 0 Å². The second-order valence-corrected chi connectivity index (χ2v) is 5.75. The molecule has 0 saturated carbocycles. The van der Waals surface area contributed by atoms with Gasteiger partial charge < -0.3 is 5.43 Å². The van der Waals surface area contributed by atoms with E-state index in [-0.39, 0.29) is 10.9 Å². The quantitative estimate of drug-likeness (QED) is 0.512. The van der Waals surface area contributed by atoms with Crippen LogP contribution in [0.1, 0.15) is 33.1 Å². The Balaban J connectivity index is 2.84. The van der Waals surface area contributed by atoms with Crippen LogP contribution in [0.3, 0.4) is 0 Å². The molecule has 1 atom stereocenters. The molecule has 4 N–H and O–H groups in total. The molecule has 0 aliphatic carbocycles. The minimum atomic E-state index is -3.50. The standard InChI is InChI=1S/C11H20N4O2S/c1-3-5-9(4-2)15-18(16,17)10-6-7-11(14-12)13-8-10/h6-9,15H,3-5,12H2,1-2H3,(H,13,14). The van der Waals surface area contributed by atoms with Crippen molar-refractivity contribution in [2.75, 3.05) is 5.43 Å². The Bertz CT molecular complexity index is 458.